The van der Waals surface area contributed by atoms with E-state index in [1.165, 1.54) is 12.1 Å². The molecular weight excluding hydrogens is 347 g/mol. The largest absolute Gasteiger partial charge is 0.332 e. The molecule has 0 aliphatic heterocycles. The van der Waals surface area contributed by atoms with Crippen molar-refractivity contribution in [2.75, 3.05) is 10.6 Å². The van der Waals surface area contributed by atoms with Crippen molar-refractivity contribution in [3.8, 4) is 0 Å². The smallest absolute Gasteiger partial charge is 0.176 e. The molecule has 1 heterocycles. The summed E-state index contributed by atoms with van der Waals surface area (Å²) in [5.41, 5.74) is 1.69. The van der Waals surface area contributed by atoms with Crippen molar-refractivity contribution in [3.63, 3.8) is 0 Å². The van der Waals surface area contributed by atoms with Gasteiger partial charge < -0.3 is 10.6 Å². The molecule has 122 valence electrons. The predicted molar refractivity (Wildman–Crippen MR) is 99.0 cm³/mol. The second kappa shape index (κ2) is 7.42. The van der Waals surface area contributed by atoms with Crippen molar-refractivity contribution < 1.29 is 4.39 Å². The van der Waals surface area contributed by atoms with Crippen LogP contribution in [0.1, 0.15) is 5.56 Å². The van der Waals surface area contributed by atoms with Gasteiger partial charge in [-0.15, -0.1) is 0 Å². The van der Waals surface area contributed by atoms with Gasteiger partial charge in [0.05, 0.1) is 6.54 Å². The van der Waals surface area contributed by atoms with Gasteiger partial charge in [-0.3, -0.25) is 4.68 Å². The fraction of sp³-hybridized carbons (Fsp3) is 0.0588. The summed E-state index contributed by atoms with van der Waals surface area (Å²) in [5.74, 6) is 0.319. The molecule has 2 aromatic carbocycles. The van der Waals surface area contributed by atoms with E-state index >= 15 is 0 Å². The molecule has 0 amide bonds. The first-order valence-electron chi connectivity index (χ1n) is 7.20. The molecule has 0 radical (unpaired) electrons. The van der Waals surface area contributed by atoms with Crippen molar-refractivity contribution in [3.05, 3.63) is 77.2 Å². The molecule has 0 aliphatic carbocycles. The standard InChI is InChI=1S/C17H14ClFN4S/c18-15-4-2-1-3-12(15)11-23-10-9-16(22-23)21-17(24)20-14-7-5-13(19)6-8-14/h1-10H,11H2,(H2,20,21,22,24). The number of hydrogen-bond acceptors (Lipinski definition) is 2. The molecule has 3 aromatic rings. The highest BCUT2D eigenvalue weighted by molar-refractivity contribution is 7.80. The summed E-state index contributed by atoms with van der Waals surface area (Å²) in [6.45, 7) is 0.569. The van der Waals surface area contributed by atoms with Crippen molar-refractivity contribution >= 4 is 40.4 Å². The minimum atomic E-state index is -0.294. The molecule has 0 atom stereocenters. The van der Waals surface area contributed by atoms with Gasteiger partial charge in [0, 0.05) is 23.0 Å². The first kappa shape index (κ1) is 16.4. The Bertz CT molecular complexity index is 848. The highest BCUT2D eigenvalue weighted by Crippen LogP contribution is 2.16. The molecule has 0 unspecified atom stereocenters. The average molecular weight is 361 g/mol. The lowest BCUT2D eigenvalue weighted by Crippen LogP contribution is -2.19. The van der Waals surface area contributed by atoms with Crippen LogP contribution in [0.3, 0.4) is 0 Å². The molecule has 0 aliphatic rings. The Morgan fingerprint density at radius 3 is 2.58 bits per heavy atom. The number of halogens is 2. The van der Waals surface area contributed by atoms with Gasteiger partial charge in [-0.2, -0.15) is 5.10 Å². The lowest BCUT2D eigenvalue weighted by Gasteiger charge is -2.08. The van der Waals surface area contributed by atoms with E-state index in [1.807, 2.05) is 36.5 Å². The second-order valence-electron chi connectivity index (χ2n) is 5.08. The van der Waals surface area contributed by atoms with Crippen molar-refractivity contribution in [1.82, 2.24) is 9.78 Å². The second-order valence-corrected chi connectivity index (χ2v) is 5.89. The molecule has 2 N–H and O–H groups in total. The zero-order valence-corrected chi connectivity index (χ0v) is 14.1. The molecule has 0 saturated carbocycles. The monoisotopic (exact) mass is 360 g/mol. The van der Waals surface area contributed by atoms with E-state index in [-0.39, 0.29) is 5.82 Å². The Morgan fingerprint density at radius 1 is 1.08 bits per heavy atom. The Morgan fingerprint density at radius 2 is 1.83 bits per heavy atom. The first-order valence-corrected chi connectivity index (χ1v) is 7.99. The third-order valence-corrected chi connectivity index (χ3v) is 3.85. The van der Waals surface area contributed by atoms with Crippen LogP contribution in [0.15, 0.2) is 60.8 Å². The van der Waals surface area contributed by atoms with Crippen LogP contribution in [0.2, 0.25) is 5.02 Å². The lowest BCUT2D eigenvalue weighted by atomic mass is 10.2. The molecule has 3 rings (SSSR count). The third-order valence-electron chi connectivity index (χ3n) is 3.27. The quantitative estimate of drug-likeness (QED) is 0.671. The fourth-order valence-electron chi connectivity index (χ4n) is 2.13. The highest BCUT2D eigenvalue weighted by atomic mass is 35.5. The molecule has 0 fully saturated rings. The zero-order valence-electron chi connectivity index (χ0n) is 12.5. The van der Waals surface area contributed by atoms with Crippen molar-refractivity contribution in [1.29, 1.82) is 0 Å². The molecule has 0 saturated heterocycles. The third kappa shape index (κ3) is 4.31. The molecule has 7 heteroatoms. The van der Waals surface area contributed by atoms with Crippen molar-refractivity contribution in [2.24, 2.45) is 0 Å². The molecule has 24 heavy (non-hydrogen) atoms. The number of nitrogens with one attached hydrogen (secondary N) is 2. The Balaban J connectivity index is 1.60. The predicted octanol–water partition coefficient (Wildman–Crippen LogP) is 4.53. The minimum absolute atomic E-state index is 0.294. The van der Waals surface area contributed by atoms with Crippen LogP contribution in [-0.4, -0.2) is 14.9 Å². The van der Waals surface area contributed by atoms with Crippen LogP contribution in [0.4, 0.5) is 15.9 Å². The molecule has 1 aromatic heterocycles. The maximum absolute atomic E-state index is 12.9. The molecule has 0 bridgehead atoms. The van der Waals surface area contributed by atoms with Gasteiger partial charge in [0.25, 0.3) is 0 Å². The first-order chi connectivity index (χ1) is 11.6. The Hall–Kier alpha value is -2.44. The Labute approximate surface area is 149 Å². The molecule has 4 nitrogen and oxygen atoms in total. The maximum Gasteiger partial charge on any atom is 0.176 e. The SMILES string of the molecule is Fc1ccc(NC(=S)Nc2ccn(Cc3ccccc3Cl)n2)cc1. The van der Waals surface area contributed by atoms with Gasteiger partial charge in [-0.1, -0.05) is 29.8 Å². The summed E-state index contributed by atoms with van der Waals surface area (Å²) in [7, 11) is 0. The number of anilines is 2. The summed E-state index contributed by atoms with van der Waals surface area (Å²) in [4.78, 5) is 0. The summed E-state index contributed by atoms with van der Waals surface area (Å²) < 4.78 is 14.7. The van der Waals surface area contributed by atoms with E-state index in [0.29, 0.717) is 28.2 Å². The summed E-state index contributed by atoms with van der Waals surface area (Å²) in [6, 6.07) is 15.4. The van der Waals surface area contributed by atoms with Gasteiger partial charge in [-0.25, -0.2) is 4.39 Å². The summed E-state index contributed by atoms with van der Waals surface area (Å²) in [6.07, 6.45) is 1.84. The van der Waals surface area contributed by atoms with Gasteiger partial charge in [0.2, 0.25) is 0 Å². The highest BCUT2D eigenvalue weighted by Gasteiger charge is 2.05. The van der Waals surface area contributed by atoms with Crippen molar-refractivity contribution in [2.45, 2.75) is 6.54 Å². The summed E-state index contributed by atoms with van der Waals surface area (Å²) >= 11 is 11.4. The normalized spacial score (nSPS) is 10.4. The van der Waals surface area contributed by atoms with Crippen LogP contribution >= 0.6 is 23.8 Å². The number of thiocarbonyl (C=S) groups is 1. The minimum Gasteiger partial charge on any atom is -0.332 e. The topological polar surface area (TPSA) is 41.9 Å². The van der Waals surface area contributed by atoms with Crippen LogP contribution in [0, 0.1) is 5.82 Å². The van der Waals surface area contributed by atoms with Gasteiger partial charge in [0.15, 0.2) is 10.9 Å². The van der Waals surface area contributed by atoms with Crippen LogP contribution < -0.4 is 10.6 Å². The number of rotatable bonds is 4. The molecular formula is C17H14ClFN4S. The average Bonchev–Trinajstić information content (AvgIpc) is 2.99. The maximum atomic E-state index is 12.9. The summed E-state index contributed by atoms with van der Waals surface area (Å²) in [5, 5.41) is 11.4. The van der Waals surface area contributed by atoms with Crippen LogP contribution in [0.5, 0.6) is 0 Å². The van der Waals surface area contributed by atoms with E-state index in [2.05, 4.69) is 15.7 Å². The number of nitrogens with zero attached hydrogens (tertiary/aromatic N) is 2. The van der Waals surface area contributed by atoms with Crippen LogP contribution in [0.25, 0.3) is 0 Å². The molecule has 0 spiro atoms. The van der Waals surface area contributed by atoms with Gasteiger partial charge in [-0.05, 0) is 48.1 Å². The Kier molecular flexibility index (Phi) is 5.08. The fourth-order valence-corrected chi connectivity index (χ4v) is 2.55. The van der Waals surface area contributed by atoms with Gasteiger partial charge >= 0.3 is 0 Å². The van der Waals surface area contributed by atoms with E-state index in [4.69, 9.17) is 23.8 Å². The number of aromatic nitrogens is 2. The van der Waals surface area contributed by atoms with E-state index in [1.54, 1.807) is 16.8 Å². The van der Waals surface area contributed by atoms with E-state index in [9.17, 15) is 4.39 Å². The van der Waals surface area contributed by atoms with Crippen LogP contribution in [-0.2, 0) is 6.54 Å². The zero-order chi connectivity index (χ0) is 16.9. The number of benzene rings is 2. The van der Waals surface area contributed by atoms with Gasteiger partial charge in [0.1, 0.15) is 5.82 Å². The van der Waals surface area contributed by atoms with E-state index in [0.717, 1.165) is 5.56 Å². The number of hydrogen-bond donors (Lipinski definition) is 2. The lowest BCUT2D eigenvalue weighted by molar-refractivity contribution is 0.628. The van der Waals surface area contributed by atoms with E-state index < -0.39 is 0 Å².